The number of ether oxygens (including phenoxy) is 5. The minimum absolute atomic E-state index is 0.0707. The number of hydrogen-bond donors (Lipinski definition) is 1. The maximum absolute atomic E-state index is 14.3. The Balaban J connectivity index is 6.08. The number of carbonyl (C=O) groups excluding carboxylic acids is 1. The van der Waals surface area contributed by atoms with Crippen LogP contribution in [0.4, 0.5) is 96.6 Å². The van der Waals surface area contributed by atoms with Gasteiger partial charge in [0, 0.05) is 18.6 Å². The highest BCUT2D eigenvalue weighted by atomic mass is 19.4. The number of carboxylic acid groups (broad SMARTS) is 1. The number of alkyl halides is 22. The maximum atomic E-state index is 14.3. The van der Waals surface area contributed by atoms with E-state index in [1.807, 2.05) is 0 Å². The molecule has 0 bridgehead atoms. The summed E-state index contributed by atoms with van der Waals surface area (Å²) in [6.07, 6.45) is -47.5. The predicted octanol–water partition coefficient (Wildman–Crippen LogP) is 7.03. The topological polar surface area (TPSA) is 101 Å². The minimum Gasteiger partial charge on any atom is -0.478 e. The van der Waals surface area contributed by atoms with Gasteiger partial charge in [-0.25, -0.2) is 9.59 Å². The second kappa shape index (κ2) is 15.3. The summed E-state index contributed by atoms with van der Waals surface area (Å²) >= 11 is 0. The van der Waals surface area contributed by atoms with Crippen molar-refractivity contribution in [2.45, 2.75) is 73.0 Å². The number of halogens is 22. The van der Waals surface area contributed by atoms with Crippen LogP contribution in [0.5, 0.6) is 0 Å². The largest absolute Gasteiger partial charge is 0.478 e. The summed E-state index contributed by atoms with van der Waals surface area (Å²) in [6, 6.07) is 0. The van der Waals surface area contributed by atoms with Gasteiger partial charge in [-0.15, -0.1) is 0 Å². The zero-order chi connectivity index (χ0) is 40.2. The Labute approximate surface area is 259 Å². The number of rotatable bonds is 18. The fourth-order valence-electron chi connectivity index (χ4n) is 2.46. The number of carboxylic acids is 1. The fourth-order valence-corrected chi connectivity index (χ4v) is 2.46. The third-order valence-corrected chi connectivity index (χ3v) is 4.98. The molecule has 50 heavy (non-hydrogen) atoms. The van der Waals surface area contributed by atoms with Crippen LogP contribution in [0.1, 0.15) is 6.42 Å². The van der Waals surface area contributed by atoms with Crippen LogP contribution >= 0.6 is 0 Å². The number of esters is 1. The molecule has 30 heteroatoms. The Morgan fingerprint density at radius 3 is 1.22 bits per heavy atom. The molecule has 0 fully saturated rings. The van der Waals surface area contributed by atoms with Crippen LogP contribution in [-0.2, 0) is 33.3 Å². The van der Waals surface area contributed by atoms with E-state index < -0.39 is 111 Å². The highest BCUT2D eigenvalue weighted by molar-refractivity contribution is 5.90. The highest BCUT2D eigenvalue weighted by Gasteiger charge is 2.79. The smallest absolute Gasteiger partial charge is 0.462 e. The Bertz CT molecular complexity index is 1180. The first kappa shape index (κ1) is 47.0. The molecule has 0 aromatic heterocycles. The molecule has 3 atom stereocenters. The Morgan fingerprint density at radius 1 is 0.540 bits per heavy atom. The van der Waals surface area contributed by atoms with Gasteiger partial charge in [-0.3, -0.25) is 9.47 Å². The SMILES string of the molecule is O=C(O)C=CC(=O)OC(CCOCC(F)(OC(F)(F)C(F)(F)C(F)(F)F)C(F)(F)F)COCC(F)(OC(F)(F)C(F)(F)C(F)(F)F)C(F)(F)F. The van der Waals surface area contributed by atoms with Crippen molar-refractivity contribution in [3.63, 3.8) is 0 Å². The second-order valence-electron chi connectivity index (χ2n) is 8.92. The van der Waals surface area contributed by atoms with Gasteiger partial charge in [0.2, 0.25) is 0 Å². The van der Waals surface area contributed by atoms with E-state index in [1.165, 1.54) is 0 Å². The Hall–Kier alpha value is -3.02. The average molecular weight is 800 g/mol. The van der Waals surface area contributed by atoms with Crippen LogP contribution in [0.25, 0.3) is 0 Å². The summed E-state index contributed by atoms with van der Waals surface area (Å²) in [6.45, 7) is -10.0. The third-order valence-electron chi connectivity index (χ3n) is 4.98. The minimum atomic E-state index is -7.51. The van der Waals surface area contributed by atoms with E-state index in [0.717, 1.165) is 0 Å². The molecular weight excluding hydrogens is 786 g/mol. The van der Waals surface area contributed by atoms with Crippen molar-refractivity contribution in [3.05, 3.63) is 12.2 Å². The molecule has 0 heterocycles. The van der Waals surface area contributed by atoms with Crippen molar-refractivity contribution >= 4 is 11.9 Å². The van der Waals surface area contributed by atoms with E-state index in [0.29, 0.717) is 0 Å². The highest BCUT2D eigenvalue weighted by Crippen LogP contribution is 2.52. The third kappa shape index (κ3) is 11.5. The van der Waals surface area contributed by atoms with Crippen LogP contribution < -0.4 is 0 Å². The van der Waals surface area contributed by atoms with E-state index in [2.05, 4.69) is 23.7 Å². The van der Waals surface area contributed by atoms with E-state index in [9.17, 15) is 106 Å². The van der Waals surface area contributed by atoms with E-state index in [4.69, 9.17) is 5.11 Å². The molecule has 0 radical (unpaired) electrons. The van der Waals surface area contributed by atoms with Crippen LogP contribution in [0, 0.1) is 0 Å². The zero-order valence-electron chi connectivity index (χ0n) is 22.9. The lowest BCUT2D eigenvalue weighted by Gasteiger charge is -2.35. The van der Waals surface area contributed by atoms with E-state index >= 15 is 0 Å². The van der Waals surface area contributed by atoms with Crippen molar-refractivity contribution in [3.8, 4) is 0 Å². The van der Waals surface area contributed by atoms with Gasteiger partial charge in [0.05, 0.1) is 13.2 Å². The monoisotopic (exact) mass is 800 g/mol. The quantitative estimate of drug-likeness (QED) is 0.0684. The summed E-state index contributed by atoms with van der Waals surface area (Å²) in [5.74, 6) is -31.4. The first-order valence-corrected chi connectivity index (χ1v) is 11.6. The predicted molar refractivity (Wildman–Crippen MR) is 107 cm³/mol. The van der Waals surface area contributed by atoms with Crippen LogP contribution in [0.3, 0.4) is 0 Å². The van der Waals surface area contributed by atoms with E-state index in [1.54, 1.807) is 0 Å². The average Bonchev–Trinajstić information content (AvgIpc) is 2.86. The van der Waals surface area contributed by atoms with Crippen LogP contribution in [0.2, 0.25) is 0 Å². The molecule has 0 amide bonds. The van der Waals surface area contributed by atoms with Crippen molar-refractivity contribution in [1.29, 1.82) is 0 Å². The first-order valence-electron chi connectivity index (χ1n) is 11.6. The van der Waals surface area contributed by atoms with Gasteiger partial charge >= 0.3 is 72.4 Å². The number of aliphatic carboxylic acids is 1. The molecule has 0 aliphatic rings. The lowest BCUT2D eigenvalue weighted by molar-refractivity contribution is -0.487. The lowest BCUT2D eigenvalue weighted by atomic mass is 10.2. The van der Waals surface area contributed by atoms with Gasteiger partial charge in [-0.1, -0.05) is 0 Å². The maximum Gasteiger partial charge on any atom is 0.462 e. The van der Waals surface area contributed by atoms with Gasteiger partial charge in [0.15, 0.2) is 0 Å². The molecule has 0 aliphatic heterocycles. The van der Waals surface area contributed by atoms with Crippen molar-refractivity contribution < 1.29 is 135 Å². The summed E-state index contributed by atoms with van der Waals surface area (Å²) in [5, 5.41) is 8.41. The van der Waals surface area contributed by atoms with E-state index in [-0.39, 0.29) is 12.2 Å². The lowest BCUT2D eigenvalue weighted by Crippen LogP contribution is -2.60. The number of carbonyl (C=O) groups is 2. The van der Waals surface area contributed by atoms with Crippen molar-refractivity contribution in [2.75, 3.05) is 26.4 Å². The molecule has 296 valence electrons. The van der Waals surface area contributed by atoms with Gasteiger partial charge in [-0.2, -0.15) is 96.6 Å². The van der Waals surface area contributed by atoms with Gasteiger partial charge in [-0.05, 0) is 0 Å². The molecule has 0 spiro atoms. The summed E-state index contributed by atoms with van der Waals surface area (Å²) in [7, 11) is 0. The molecule has 1 N–H and O–H groups in total. The zero-order valence-corrected chi connectivity index (χ0v) is 22.9. The fraction of sp³-hybridized carbons (Fsp3) is 0.800. The summed E-state index contributed by atoms with van der Waals surface area (Å²) < 4.78 is 301. The molecule has 3 unspecified atom stereocenters. The van der Waals surface area contributed by atoms with Gasteiger partial charge in [0.1, 0.15) is 19.3 Å². The number of hydrogen-bond acceptors (Lipinski definition) is 7. The van der Waals surface area contributed by atoms with Crippen molar-refractivity contribution in [2.24, 2.45) is 0 Å². The second-order valence-corrected chi connectivity index (χ2v) is 8.92. The molecule has 0 saturated carbocycles. The first-order chi connectivity index (χ1) is 21.8. The molecule has 0 aliphatic carbocycles. The molecular formula is C20H14F22O8. The molecule has 0 rings (SSSR count). The summed E-state index contributed by atoms with van der Waals surface area (Å²) in [4.78, 5) is 22.0. The van der Waals surface area contributed by atoms with Crippen LogP contribution in [-0.4, -0.2) is 110 Å². The normalized spacial score (nSPS) is 17.7. The molecule has 8 nitrogen and oxygen atoms in total. The Kier molecular flexibility index (Phi) is 14.4. The molecule has 0 aromatic carbocycles. The van der Waals surface area contributed by atoms with Crippen molar-refractivity contribution in [1.82, 2.24) is 0 Å². The standard InChI is InChI=1S/C20H14F22O8/c21-11(15(27,28)29,49-19(39,40)13(23,24)17(33,34)35)6-46-4-3-8(48-10(45)2-1-9(43)44)5-47-7-12(22,16(30,31)32)50-20(41,42)14(25,26)18(36,37)38/h1-2,8H,3-7H2,(H,43,44). The molecule has 0 saturated heterocycles. The summed E-state index contributed by atoms with van der Waals surface area (Å²) in [5.41, 5.74) is 0. The molecule has 0 aromatic rings. The van der Waals surface area contributed by atoms with Gasteiger partial charge < -0.3 is 19.3 Å². The Morgan fingerprint density at radius 2 is 0.900 bits per heavy atom. The van der Waals surface area contributed by atoms with Crippen LogP contribution in [0.15, 0.2) is 12.2 Å². The van der Waals surface area contributed by atoms with Gasteiger partial charge in [0.25, 0.3) is 0 Å².